The van der Waals surface area contributed by atoms with Gasteiger partial charge in [-0.3, -0.25) is 0 Å². The summed E-state index contributed by atoms with van der Waals surface area (Å²) in [5, 5.41) is 2.00. The number of nitrogens with zero attached hydrogens (tertiary/aromatic N) is 1. The Morgan fingerprint density at radius 1 is 1.62 bits per heavy atom. The standard InChI is InChI=1S/C10H16N2S/c1-7(8-3-2-4-8)10(11)9-5-6-13-12-9/h5-8,10H,2-4,11H2,1H3. The lowest BCUT2D eigenvalue weighted by atomic mass is 9.73. The molecular weight excluding hydrogens is 180 g/mol. The Hall–Kier alpha value is -0.410. The van der Waals surface area contributed by atoms with Gasteiger partial charge in [-0.25, -0.2) is 0 Å². The van der Waals surface area contributed by atoms with E-state index in [0.29, 0.717) is 5.92 Å². The van der Waals surface area contributed by atoms with Crippen molar-refractivity contribution in [3.8, 4) is 0 Å². The number of rotatable bonds is 3. The molecule has 0 spiro atoms. The molecule has 0 aliphatic heterocycles. The van der Waals surface area contributed by atoms with Crippen molar-refractivity contribution >= 4 is 11.5 Å². The molecular formula is C10H16N2S. The van der Waals surface area contributed by atoms with E-state index in [-0.39, 0.29) is 6.04 Å². The van der Waals surface area contributed by atoms with Gasteiger partial charge in [-0.05, 0) is 29.4 Å². The highest BCUT2D eigenvalue weighted by molar-refractivity contribution is 7.03. The van der Waals surface area contributed by atoms with Gasteiger partial charge in [0.15, 0.2) is 0 Å². The Morgan fingerprint density at radius 3 is 2.85 bits per heavy atom. The van der Waals surface area contributed by atoms with Crippen molar-refractivity contribution < 1.29 is 0 Å². The van der Waals surface area contributed by atoms with Crippen molar-refractivity contribution in [3.05, 3.63) is 17.1 Å². The molecule has 1 aliphatic carbocycles. The molecule has 13 heavy (non-hydrogen) atoms. The average Bonchev–Trinajstić information content (AvgIpc) is 2.51. The van der Waals surface area contributed by atoms with Gasteiger partial charge >= 0.3 is 0 Å². The van der Waals surface area contributed by atoms with Crippen LogP contribution in [0.3, 0.4) is 0 Å². The fourth-order valence-electron chi connectivity index (χ4n) is 1.92. The Balaban J connectivity index is 1.99. The molecule has 2 nitrogen and oxygen atoms in total. The summed E-state index contributed by atoms with van der Waals surface area (Å²) in [6.07, 6.45) is 4.11. The van der Waals surface area contributed by atoms with Crippen LogP contribution in [0.5, 0.6) is 0 Å². The summed E-state index contributed by atoms with van der Waals surface area (Å²) in [7, 11) is 0. The first-order valence-electron chi connectivity index (χ1n) is 4.95. The molecule has 1 heterocycles. The molecule has 2 atom stereocenters. The second-order valence-electron chi connectivity index (χ2n) is 4.00. The van der Waals surface area contributed by atoms with Crippen molar-refractivity contribution in [1.82, 2.24) is 4.37 Å². The zero-order valence-corrected chi connectivity index (χ0v) is 8.76. The number of hydrogen-bond acceptors (Lipinski definition) is 3. The lowest BCUT2D eigenvalue weighted by Gasteiger charge is -2.34. The first-order valence-corrected chi connectivity index (χ1v) is 5.78. The van der Waals surface area contributed by atoms with Gasteiger partial charge in [0.25, 0.3) is 0 Å². The summed E-state index contributed by atoms with van der Waals surface area (Å²) in [5.74, 6) is 1.44. The number of hydrogen-bond donors (Lipinski definition) is 1. The molecule has 2 N–H and O–H groups in total. The third-order valence-corrected chi connectivity index (χ3v) is 3.83. The highest BCUT2D eigenvalue weighted by Gasteiger charge is 2.29. The Labute approximate surface area is 83.3 Å². The summed E-state index contributed by atoms with van der Waals surface area (Å²) >= 11 is 1.49. The predicted octanol–water partition coefficient (Wildman–Crippen LogP) is 2.58. The van der Waals surface area contributed by atoms with Gasteiger partial charge in [-0.15, -0.1) is 0 Å². The van der Waals surface area contributed by atoms with Gasteiger partial charge in [0.1, 0.15) is 0 Å². The molecule has 1 saturated carbocycles. The van der Waals surface area contributed by atoms with Gasteiger partial charge in [-0.1, -0.05) is 26.2 Å². The maximum Gasteiger partial charge on any atom is 0.0712 e. The molecule has 72 valence electrons. The molecule has 1 aliphatic rings. The van der Waals surface area contributed by atoms with Gasteiger partial charge in [-0.2, -0.15) is 4.37 Å². The Kier molecular flexibility index (Phi) is 2.65. The summed E-state index contributed by atoms with van der Waals surface area (Å²) in [6.45, 7) is 2.26. The van der Waals surface area contributed by atoms with Crippen LogP contribution in [0.15, 0.2) is 11.4 Å². The second-order valence-corrected chi connectivity index (χ2v) is 4.67. The predicted molar refractivity (Wildman–Crippen MR) is 55.5 cm³/mol. The van der Waals surface area contributed by atoms with Crippen LogP contribution in [-0.2, 0) is 0 Å². The molecule has 2 rings (SSSR count). The minimum Gasteiger partial charge on any atom is -0.322 e. The summed E-state index contributed by atoms with van der Waals surface area (Å²) in [5.41, 5.74) is 7.21. The quantitative estimate of drug-likeness (QED) is 0.807. The van der Waals surface area contributed by atoms with Crippen LogP contribution >= 0.6 is 11.5 Å². The van der Waals surface area contributed by atoms with E-state index in [4.69, 9.17) is 5.73 Å². The minimum atomic E-state index is 0.150. The summed E-state index contributed by atoms with van der Waals surface area (Å²) < 4.78 is 4.29. The topological polar surface area (TPSA) is 38.9 Å². The number of aromatic nitrogens is 1. The van der Waals surface area contributed by atoms with Gasteiger partial charge < -0.3 is 5.73 Å². The molecule has 0 saturated heterocycles. The highest BCUT2D eigenvalue weighted by atomic mass is 32.1. The third-order valence-electron chi connectivity index (χ3n) is 3.26. The molecule has 1 aromatic rings. The highest BCUT2D eigenvalue weighted by Crippen LogP contribution is 2.38. The van der Waals surface area contributed by atoms with Crippen molar-refractivity contribution in [2.75, 3.05) is 0 Å². The largest absolute Gasteiger partial charge is 0.322 e. The Bertz CT molecular complexity index is 254. The van der Waals surface area contributed by atoms with Crippen molar-refractivity contribution in [2.24, 2.45) is 17.6 Å². The van der Waals surface area contributed by atoms with E-state index in [0.717, 1.165) is 11.6 Å². The van der Waals surface area contributed by atoms with Gasteiger partial charge in [0, 0.05) is 5.38 Å². The molecule has 0 bridgehead atoms. The summed E-state index contributed by atoms with van der Waals surface area (Å²) in [6, 6.07) is 2.20. The van der Waals surface area contributed by atoms with Crippen LogP contribution in [0, 0.1) is 11.8 Å². The van der Waals surface area contributed by atoms with Gasteiger partial charge in [0.2, 0.25) is 0 Å². The molecule has 0 amide bonds. The van der Waals surface area contributed by atoms with E-state index in [1.165, 1.54) is 30.8 Å². The molecule has 3 heteroatoms. The van der Waals surface area contributed by atoms with Crippen LogP contribution in [0.2, 0.25) is 0 Å². The van der Waals surface area contributed by atoms with Crippen LogP contribution in [0.25, 0.3) is 0 Å². The van der Waals surface area contributed by atoms with E-state index in [2.05, 4.69) is 11.3 Å². The van der Waals surface area contributed by atoms with Crippen LogP contribution in [0.4, 0.5) is 0 Å². The van der Waals surface area contributed by atoms with E-state index in [1.807, 2.05) is 11.4 Å². The average molecular weight is 196 g/mol. The first kappa shape index (κ1) is 9.16. The lowest BCUT2D eigenvalue weighted by Crippen LogP contribution is -2.29. The maximum atomic E-state index is 6.14. The molecule has 0 aromatic carbocycles. The fraction of sp³-hybridized carbons (Fsp3) is 0.700. The molecule has 2 unspecified atom stereocenters. The number of nitrogens with two attached hydrogens (primary N) is 1. The lowest BCUT2D eigenvalue weighted by molar-refractivity contribution is 0.192. The Morgan fingerprint density at radius 2 is 2.38 bits per heavy atom. The monoisotopic (exact) mass is 196 g/mol. The van der Waals surface area contributed by atoms with Crippen molar-refractivity contribution in [2.45, 2.75) is 32.2 Å². The van der Waals surface area contributed by atoms with E-state index in [1.54, 1.807) is 0 Å². The molecule has 0 radical (unpaired) electrons. The summed E-state index contributed by atoms with van der Waals surface area (Å²) in [4.78, 5) is 0. The SMILES string of the molecule is CC(C1CCC1)C(N)c1ccsn1. The maximum absolute atomic E-state index is 6.14. The third kappa shape index (κ3) is 1.76. The van der Waals surface area contributed by atoms with E-state index < -0.39 is 0 Å². The van der Waals surface area contributed by atoms with E-state index in [9.17, 15) is 0 Å². The normalized spacial score (nSPS) is 22.3. The molecule has 1 aromatic heterocycles. The fourth-order valence-corrected chi connectivity index (χ4v) is 2.49. The molecule has 1 fully saturated rings. The van der Waals surface area contributed by atoms with Crippen LogP contribution < -0.4 is 5.73 Å². The zero-order chi connectivity index (χ0) is 9.26. The van der Waals surface area contributed by atoms with Crippen LogP contribution in [-0.4, -0.2) is 4.37 Å². The van der Waals surface area contributed by atoms with E-state index >= 15 is 0 Å². The smallest absolute Gasteiger partial charge is 0.0712 e. The zero-order valence-electron chi connectivity index (χ0n) is 7.94. The van der Waals surface area contributed by atoms with Gasteiger partial charge in [0.05, 0.1) is 11.7 Å². The van der Waals surface area contributed by atoms with Crippen molar-refractivity contribution in [3.63, 3.8) is 0 Å². The van der Waals surface area contributed by atoms with Crippen LogP contribution in [0.1, 0.15) is 37.9 Å². The second kappa shape index (κ2) is 3.76. The first-order chi connectivity index (χ1) is 6.29. The van der Waals surface area contributed by atoms with Crippen molar-refractivity contribution in [1.29, 1.82) is 0 Å². The minimum absolute atomic E-state index is 0.150.